The molecule has 0 radical (unpaired) electrons. The number of Topliss-reactive ketones (excluding diaryl/α,β-unsaturated/α-hetero) is 1. The van der Waals surface area contributed by atoms with Crippen LogP contribution in [0.15, 0.2) is 58.4 Å². The molecule has 1 aromatic heterocycles. The zero-order valence-electron chi connectivity index (χ0n) is 18.4. The Morgan fingerprint density at radius 2 is 1.94 bits per heavy atom. The molecule has 0 saturated heterocycles. The van der Waals surface area contributed by atoms with E-state index in [1.807, 2.05) is 6.92 Å². The second-order valence-corrected chi connectivity index (χ2v) is 7.39. The number of nitrogens with one attached hydrogen (secondary N) is 3. The number of allylic oxidation sites excluding steroid dienone is 1. The number of furan rings is 1. The molecule has 0 aliphatic heterocycles. The summed E-state index contributed by atoms with van der Waals surface area (Å²) in [5.74, 6) is -2.50. The van der Waals surface area contributed by atoms with Gasteiger partial charge in [0.15, 0.2) is 5.78 Å². The maximum atomic E-state index is 13.2. The van der Waals surface area contributed by atoms with Crippen LogP contribution in [0.1, 0.15) is 43.3 Å². The Morgan fingerprint density at radius 3 is 2.58 bits per heavy atom. The van der Waals surface area contributed by atoms with Gasteiger partial charge in [0.05, 0.1) is 17.8 Å². The summed E-state index contributed by atoms with van der Waals surface area (Å²) in [6, 6.07) is 7.03. The maximum Gasteiger partial charge on any atom is 0.451 e. The molecule has 0 aliphatic rings. The normalized spacial score (nSPS) is 12.4. The quantitative estimate of drug-likeness (QED) is 0.0816. The molecule has 0 amide bonds. The summed E-state index contributed by atoms with van der Waals surface area (Å²) in [6.45, 7) is 6.92. The highest BCUT2D eigenvalue weighted by atomic mass is 19.4. The fourth-order valence-corrected chi connectivity index (χ4v) is 3.05. The van der Waals surface area contributed by atoms with Crippen molar-refractivity contribution in [3.05, 3.63) is 76.8 Å². The number of benzene rings is 1. The fourth-order valence-electron chi connectivity index (χ4n) is 3.05. The smallest absolute Gasteiger partial charge is 0.451 e. The molecule has 6 nitrogen and oxygen atoms in total. The third-order valence-electron chi connectivity index (χ3n) is 4.59. The Kier molecular flexibility index (Phi) is 9.24. The van der Waals surface area contributed by atoms with Crippen LogP contribution >= 0.6 is 0 Å². The largest absolute Gasteiger partial charge is 0.510 e. The summed E-state index contributed by atoms with van der Waals surface area (Å²) in [6.07, 6.45) is -3.42. The molecule has 0 unspecified atom stereocenters. The number of hydrogen-bond acceptors (Lipinski definition) is 6. The molecule has 4 N–H and O–H groups in total. The number of ketones is 1. The van der Waals surface area contributed by atoms with Crippen LogP contribution < -0.4 is 16.2 Å². The highest BCUT2D eigenvalue weighted by Gasteiger charge is 2.38. The first-order valence-electron chi connectivity index (χ1n) is 10.3. The van der Waals surface area contributed by atoms with Crippen molar-refractivity contribution in [1.82, 2.24) is 10.9 Å². The van der Waals surface area contributed by atoms with Crippen molar-refractivity contribution in [2.45, 2.75) is 45.8 Å². The number of aliphatic hydroxyl groups is 1. The molecule has 0 fully saturated rings. The van der Waals surface area contributed by atoms with Gasteiger partial charge in [-0.15, -0.1) is 0 Å². The molecule has 2 aromatic rings. The molecular formula is C23H27F4N3O3. The molecule has 0 spiro atoms. The number of anilines is 1. The van der Waals surface area contributed by atoms with E-state index in [9.17, 15) is 27.5 Å². The topological polar surface area (TPSA) is 86.5 Å². The lowest BCUT2D eigenvalue weighted by Crippen LogP contribution is -2.33. The average Bonchev–Trinajstić information content (AvgIpc) is 3.10. The van der Waals surface area contributed by atoms with E-state index >= 15 is 0 Å². The minimum absolute atomic E-state index is 0.0212. The summed E-state index contributed by atoms with van der Waals surface area (Å²) in [5.41, 5.74) is 5.32. The second-order valence-electron chi connectivity index (χ2n) is 7.39. The van der Waals surface area contributed by atoms with Crippen molar-refractivity contribution >= 4 is 11.5 Å². The molecule has 1 aromatic carbocycles. The first-order valence-corrected chi connectivity index (χ1v) is 10.3. The van der Waals surface area contributed by atoms with Gasteiger partial charge in [-0.3, -0.25) is 10.2 Å². The molecule has 0 saturated carbocycles. The predicted octanol–water partition coefficient (Wildman–Crippen LogP) is 5.54. The van der Waals surface area contributed by atoms with E-state index in [1.54, 1.807) is 12.1 Å². The summed E-state index contributed by atoms with van der Waals surface area (Å²) in [7, 11) is 0. The van der Waals surface area contributed by atoms with E-state index in [-0.39, 0.29) is 36.5 Å². The van der Waals surface area contributed by atoms with Crippen molar-refractivity contribution in [1.29, 1.82) is 0 Å². The monoisotopic (exact) mass is 469 g/mol. The lowest BCUT2D eigenvalue weighted by molar-refractivity contribution is -0.152. The van der Waals surface area contributed by atoms with Crippen molar-refractivity contribution in [2.24, 2.45) is 0 Å². The lowest BCUT2D eigenvalue weighted by atomic mass is 10.0. The number of aryl methyl sites for hydroxylation is 1. The Morgan fingerprint density at radius 1 is 1.21 bits per heavy atom. The summed E-state index contributed by atoms with van der Waals surface area (Å²) in [4.78, 5) is 12.7. The number of unbranched alkanes of at least 4 members (excludes halogenated alkanes) is 1. The number of rotatable bonds is 12. The first kappa shape index (κ1) is 26.1. The van der Waals surface area contributed by atoms with Gasteiger partial charge in [-0.2, -0.15) is 13.2 Å². The van der Waals surface area contributed by atoms with Crippen LogP contribution in [0.4, 0.5) is 23.2 Å². The molecular weight excluding hydrogens is 442 g/mol. The van der Waals surface area contributed by atoms with Crippen LogP contribution in [-0.2, 0) is 17.5 Å². The average molecular weight is 469 g/mol. The van der Waals surface area contributed by atoms with E-state index in [0.29, 0.717) is 18.4 Å². The zero-order valence-corrected chi connectivity index (χ0v) is 18.4. The number of aliphatic hydroxyl groups excluding tert-OH is 1. The van der Waals surface area contributed by atoms with Gasteiger partial charge in [0.2, 0.25) is 5.76 Å². The van der Waals surface area contributed by atoms with Gasteiger partial charge < -0.3 is 14.8 Å². The van der Waals surface area contributed by atoms with Gasteiger partial charge in [0.25, 0.3) is 0 Å². The van der Waals surface area contributed by atoms with Crippen molar-refractivity contribution in [3.63, 3.8) is 0 Å². The van der Waals surface area contributed by atoms with Crippen molar-refractivity contribution in [2.75, 3.05) is 11.9 Å². The van der Waals surface area contributed by atoms with Gasteiger partial charge in [-0.25, -0.2) is 9.82 Å². The number of carbonyl (C=O) groups is 1. The number of alkyl halides is 3. The molecule has 0 aliphatic carbocycles. The Hall–Kier alpha value is -3.11. The molecule has 2 rings (SSSR count). The third kappa shape index (κ3) is 7.76. The summed E-state index contributed by atoms with van der Waals surface area (Å²) < 4.78 is 57.7. The van der Waals surface area contributed by atoms with E-state index in [2.05, 4.69) is 22.7 Å². The van der Waals surface area contributed by atoms with E-state index in [1.165, 1.54) is 19.1 Å². The standard InChI is InChI=1S/C23H27F4N3O3/c1-4-5-9-19(31)21(15(3)30-18-10-14(2)33-22(18)23(25,26)27)20(32)13-29-28-12-16-7-6-8-17(24)11-16/h6-8,10-11,28-30,32H,3-5,9,12-13H2,1-2H3/b21-20+. The van der Waals surface area contributed by atoms with Crippen LogP contribution in [0.3, 0.4) is 0 Å². The molecule has 1 heterocycles. The molecule has 10 heteroatoms. The second kappa shape index (κ2) is 11.7. The van der Waals surface area contributed by atoms with Crippen LogP contribution in [-0.4, -0.2) is 17.4 Å². The number of halogens is 4. The molecule has 0 bridgehead atoms. The number of hydrazine groups is 1. The van der Waals surface area contributed by atoms with Crippen molar-refractivity contribution in [3.8, 4) is 0 Å². The van der Waals surface area contributed by atoms with E-state index in [4.69, 9.17) is 4.42 Å². The van der Waals surface area contributed by atoms with Gasteiger partial charge in [0.1, 0.15) is 17.3 Å². The molecule has 180 valence electrons. The minimum Gasteiger partial charge on any atom is -0.510 e. The molecule has 0 atom stereocenters. The van der Waals surface area contributed by atoms with E-state index in [0.717, 1.165) is 6.07 Å². The fraction of sp³-hybridized carbons (Fsp3) is 0.348. The SMILES string of the molecule is C=C(Nc1cc(C)oc1C(F)(F)F)/C(C(=O)CCCC)=C(\O)CNNCc1cccc(F)c1. The first-order chi connectivity index (χ1) is 15.5. The Bertz CT molecular complexity index is 1010. The van der Waals surface area contributed by atoms with Crippen LogP contribution in [0, 0.1) is 12.7 Å². The lowest BCUT2D eigenvalue weighted by Gasteiger charge is -2.16. The highest BCUT2D eigenvalue weighted by Crippen LogP contribution is 2.38. The van der Waals surface area contributed by atoms with Crippen LogP contribution in [0.2, 0.25) is 0 Å². The number of carbonyl (C=O) groups excluding carboxylic acids is 1. The summed E-state index contributed by atoms with van der Waals surface area (Å²) >= 11 is 0. The minimum atomic E-state index is -4.75. The predicted molar refractivity (Wildman–Crippen MR) is 117 cm³/mol. The number of hydrogen-bond donors (Lipinski definition) is 4. The Labute approximate surface area is 189 Å². The van der Waals surface area contributed by atoms with Gasteiger partial charge in [0, 0.05) is 24.7 Å². The molecule has 33 heavy (non-hydrogen) atoms. The Balaban J connectivity index is 2.16. The van der Waals surface area contributed by atoms with Gasteiger partial charge in [-0.1, -0.05) is 32.1 Å². The van der Waals surface area contributed by atoms with Gasteiger partial charge >= 0.3 is 6.18 Å². The highest BCUT2D eigenvalue weighted by molar-refractivity contribution is 6.00. The zero-order chi connectivity index (χ0) is 24.6. The van der Waals surface area contributed by atoms with Crippen LogP contribution in [0.25, 0.3) is 0 Å². The summed E-state index contributed by atoms with van der Waals surface area (Å²) in [5, 5.41) is 13.0. The van der Waals surface area contributed by atoms with Crippen LogP contribution in [0.5, 0.6) is 0 Å². The van der Waals surface area contributed by atoms with Crippen molar-refractivity contribution < 1.29 is 31.9 Å². The van der Waals surface area contributed by atoms with Gasteiger partial charge in [-0.05, 0) is 31.0 Å². The maximum absolute atomic E-state index is 13.2. The third-order valence-corrected chi connectivity index (χ3v) is 4.59. The van der Waals surface area contributed by atoms with E-state index < -0.39 is 35.0 Å².